The molecule has 1 heterocycles. The maximum atomic E-state index is 10.6. The van der Waals surface area contributed by atoms with Gasteiger partial charge in [-0.05, 0) is 12.8 Å². The van der Waals surface area contributed by atoms with Crippen molar-refractivity contribution in [3.63, 3.8) is 0 Å². The van der Waals surface area contributed by atoms with Crippen molar-refractivity contribution in [3.05, 3.63) is 0 Å². The molecule has 7 heavy (non-hydrogen) atoms. The Hall–Kier alpha value is 0.130. The third-order valence-corrected chi connectivity index (χ3v) is 2.59. The highest BCUT2D eigenvalue weighted by atomic mass is 31.1. The average molecular weight is 116 g/mol. The lowest BCUT2D eigenvalue weighted by Crippen LogP contribution is -1.99. The van der Waals surface area contributed by atoms with Gasteiger partial charge in [0.1, 0.15) is 6.16 Å². The van der Waals surface area contributed by atoms with Crippen molar-refractivity contribution >= 4 is 13.6 Å². The van der Waals surface area contributed by atoms with Crippen molar-refractivity contribution in [3.8, 4) is 0 Å². The van der Waals surface area contributed by atoms with E-state index in [1.807, 2.05) is 5.80 Å². The van der Waals surface area contributed by atoms with Crippen LogP contribution in [0.25, 0.3) is 0 Å². The van der Waals surface area contributed by atoms with Crippen LogP contribution >= 0.6 is 7.77 Å². The molecule has 0 amide bonds. The fraction of sp³-hybridized carbons (Fsp3) is 0.800. The molecule has 0 aliphatic carbocycles. The number of hydrogen-bond acceptors (Lipinski definition) is 1. The molecule has 0 bridgehead atoms. The van der Waals surface area contributed by atoms with Gasteiger partial charge in [0.15, 0.2) is 0 Å². The Morgan fingerprint density at radius 3 is 2.57 bits per heavy atom. The second-order valence-electron chi connectivity index (χ2n) is 1.82. The first-order chi connectivity index (χ1) is 3.39. The van der Waals surface area contributed by atoms with Gasteiger partial charge in [0.2, 0.25) is 0 Å². The highest BCUT2D eigenvalue weighted by molar-refractivity contribution is 7.50. The van der Waals surface area contributed by atoms with Crippen LogP contribution in [-0.4, -0.2) is 12.0 Å². The van der Waals surface area contributed by atoms with E-state index < -0.39 is 7.77 Å². The molecule has 1 unspecified atom stereocenters. The van der Waals surface area contributed by atoms with Gasteiger partial charge in [-0.1, -0.05) is 0 Å². The van der Waals surface area contributed by atoms with Crippen molar-refractivity contribution in [2.75, 3.05) is 6.16 Å². The molecule has 1 nitrogen and oxygen atoms in total. The second kappa shape index (κ2) is 2.44. The second-order valence-corrected chi connectivity index (χ2v) is 3.47. The normalized spacial score (nSPS) is 26.7. The Bertz CT molecular complexity index is 88.1. The Morgan fingerprint density at radius 1 is 1.43 bits per heavy atom. The molecule has 0 spiro atoms. The van der Waals surface area contributed by atoms with Gasteiger partial charge >= 0.3 is 0 Å². The third-order valence-electron chi connectivity index (χ3n) is 1.17. The summed E-state index contributed by atoms with van der Waals surface area (Å²) in [4.78, 5) is 10.6. The lowest BCUT2D eigenvalue weighted by atomic mass is 10.3. The molecule has 0 aromatic heterocycles. The van der Waals surface area contributed by atoms with Crippen LogP contribution in [0.2, 0.25) is 0 Å². The van der Waals surface area contributed by atoms with Gasteiger partial charge in [-0.2, -0.15) is 0 Å². The molecule has 1 rings (SSSR count). The predicted molar refractivity (Wildman–Crippen MR) is 31.7 cm³/mol. The Morgan fingerprint density at radius 2 is 2.29 bits per heavy atom. The van der Waals surface area contributed by atoms with Gasteiger partial charge < -0.3 is 4.89 Å². The summed E-state index contributed by atoms with van der Waals surface area (Å²) in [6.45, 7) is 0. The largest absolute Gasteiger partial charge is 0.631 e. The van der Waals surface area contributed by atoms with E-state index in [1.165, 1.54) is 12.8 Å². The Balaban J connectivity index is 2.40. The summed E-state index contributed by atoms with van der Waals surface area (Å²) in [5.74, 6) is 1.94. The molecule has 1 aliphatic rings. The molecule has 0 fully saturated rings. The molecule has 0 N–H and O–H groups in total. The first-order valence-electron chi connectivity index (χ1n) is 2.67. The minimum absolute atomic E-state index is 0.867. The molecule has 0 aromatic rings. The molecule has 0 aromatic carbocycles. The molecule has 1 aliphatic heterocycles. The first-order valence-corrected chi connectivity index (χ1v) is 4.18. The molecular formula is C5H9OP. The zero-order valence-corrected chi connectivity index (χ0v) is 5.16. The zero-order valence-electron chi connectivity index (χ0n) is 4.26. The summed E-state index contributed by atoms with van der Waals surface area (Å²) < 4.78 is 0. The van der Waals surface area contributed by atoms with Gasteiger partial charge in [-0.15, -0.1) is 0 Å². The Kier molecular flexibility index (Phi) is 1.84. The van der Waals surface area contributed by atoms with Crippen molar-refractivity contribution in [2.45, 2.75) is 19.3 Å². The van der Waals surface area contributed by atoms with Crippen LogP contribution in [0.1, 0.15) is 19.3 Å². The SMILES string of the molecule is [O-][P+]1=CCCCC1. The van der Waals surface area contributed by atoms with Gasteiger partial charge in [0.05, 0.1) is 5.80 Å². The summed E-state index contributed by atoms with van der Waals surface area (Å²) in [6, 6.07) is 0. The molecule has 2 heteroatoms. The fourth-order valence-corrected chi connectivity index (χ4v) is 1.93. The third kappa shape index (κ3) is 1.58. The zero-order chi connectivity index (χ0) is 5.11. The fourth-order valence-electron chi connectivity index (χ4n) is 0.739. The van der Waals surface area contributed by atoms with Crippen LogP contribution in [0.5, 0.6) is 0 Å². The van der Waals surface area contributed by atoms with E-state index in [-0.39, 0.29) is 0 Å². The maximum Gasteiger partial charge on any atom is 0.102 e. The summed E-state index contributed by atoms with van der Waals surface area (Å²) in [6.07, 6.45) is 4.44. The van der Waals surface area contributed by atoms with E-state index >= 15 is 0 Å². The summed E-state index contributed by atoms with van der Waals surface area (Å²) in [7, 11) is -0.867. The highest BCUT2D eigenvalue weighted by Crippen LogP contribution is 2.18. The van der Waals surface area contributed by atoms with Crippen molar-refractivity contribution in [2.24, 2.45) is 0 Å². The first kappa shape index (κ1) is 5.27. The van der Waals surface area contributed by atoms with E-state index in [0.717, 1.165) is 12.6 Å². The van der Waals surface area contributed by atoms with Crippen LogP contribution in [0, 0.1) is 0 Å². The highest BCUT2D eigenvalue weighted by Gasteiger charge is 2.01. The average Bonchev–Trinajstić information content (AvgIpc) is 1.69. The van der Waals surface area contributed by atoms with E-state index in [2.05, 4.69) is 0 Å². The lowest BCUT2D eigenvalue weighted by Gasteiger charge is -2.02. The molecule has 40 valence electrons. The van der Waals surface area contributed by atoms with E-state index in [4.69, 9.17) is 0 Å². The molecule has 0 saturated carbocycles. The standard InChI is InChI=1S/C5H9OP/c6-7-4-2-1-3-5-7/h4H,1-3,5H2. The van der Waals surface area contributed by atoms with E-state index in [0.29, 0.717) is 0 Å². The minimum atomic E-state index is -0.867. The van der Waals surface area contributed by atoms with E-state index in [9.17, 15) is 4.89 Å². The summed E-state index contributed by atoms with van der Waals surface area (Å²) >= 11 is 0. The molecular weight excluding hydrogens is 107 g/mol. The van der Waals surface area contributed by atoms with Crippen LogP contribution in [0.4, 0.5) is 0 Å². The van der Waals surface area contributed by atoms with Crippen LogP contribution in [0.15, 0.2) is 0 Å². The lowest BCUT2D eigenvalue weighted by molar-refractivity contribution is -0.153. The monoisotopic (exact) mass is 116 g/mol. The minimum Gasteiger partial charge on any atom is -0.631 e. The maximum absolute atomic E-state index is 10.6. The topological polar surface area (TPSA) is 23.1 Å². The van der Waals surface area contributed by atoms with Gasteiger partial charge in [0, 0.05) is 14.2 Å². The molecule has 0 saturated heterocycles. The number of hydrogen-bond donors (Lipinski definition) is 0. The van der Waals surface area contributed by atoms with Crippen molar-refractivity contribution in [1.29, 1.82) is 0 Å². The smallest absolute Gasteiger partial charge is 0.102 e. The van der Waals surface area contributed by atoms with E-state index in [1.54, 1.807) is 0 Å². The Labute approximate surface area is 44.8 Å². The quantitative estimate of drug-likeness (QED) is 0.428. The van der Waals surface area contributed by atoms with Gasteiger partial charge in [-0.3, -0.25) is 0 Å². The van der Waals surface area contributed by atoms with Crippen molar-refractivity contribution < 1.29 is 4.89 Å². The summed E-state index contributed by atoms with van der Waals surface area (Å²) in [5, 5.41) is 0. The van der Waals surface area contributed by atoms with Crippen LogP contribution in [0.3, 0.4) is 0 Å². The molecule has 0 radical (unpaired) electrons. The predicted octanol–water partition coefficient (Wildman–Crippen LogP) is 0.730. The van der Waals surface area contributed by atoms with Crippen LogP contribution in [-0.2, 0) is 0 Å². The van der Waals surface area contributed by atoms with Gasteiger partial charge in [0.25, 0.3) is 0 Å². The number of rotatable bonds is 0. The van der Waals surface area contributed by atoms with Crippen LogP contribution < -0.4 is 4.89 Å². The van der Waals surface area contributed by atoms with Crippen molar-refractivity contribution in [1.82, 2.24) is 0 Å². The summed E-state index contributed by atoms with van der Waals surface area (Å²) in [5.41, 5.74) is 0. The molecule has 1 atom stereocenters. The van der Waals surface area contributed by atoms with Gasteiger partial charge in [-0.25, -0.2) is 0 Å².